The van der Waals surface area contributed by atoms with E-state index in [4.69, 9.17) is 15.0 Å². The Morgan fingerprint density at radius 2 is 1.30 bits per heavy atom. The topological polar surface area (TPSA) is 69.2 Å². The van der Waals surface area contributed by atoms with Crippen molar-refractivity contribution < 1.29 is 0 Å². The van der Waals surface area contributed by atoms with Crippen LogP contribution >= 0.6 is 0 Å². The molecule has 0 saturated heterocycles. The van der Waals surface area contributed by atoms with E-state index in [-0.39, 0.29) is 0 Å². The van der Waals surface area contributed by atoms with Gasteiger partial charge in [-0.3, -0.25) is 0 Å². The van der Waals surface area contributed by atoms with E-state index >= 15 is 0 Å². The van der Waals surface area contributed by atoms with Crippen molar-refractivity contribution in [1.82, 2.24) is 24.8 Å². The highest BCUT2D eigenvalue weighted by molar-refractivity contribution is 5.86. The Bertz CT molecular complexity index is 818. The van der Waals surface area contributed by atoms with Crippen LogP contribution in [0.1, 0.15) is 72.9 Å². The van der Waals surface area contributed by atoms with Crippen LogP contribution in [0.2, 0.25) is 0 Å². The highest BCUT2D eigenvalue weighted by Gasteiger charge is 2.14. The molecule has 2 rings (SSSR count). The molecule has 2 atom stereocenters. The van der Waals surface area contributed by atoms with Gasteiger partial charge in [0.05, 0.1) is 5.52 Å². The zero-order chi connectivity index (χ0) is 24.2. The van der Waals surface area contributed by atoms with Gasteiger partial charge in [0.1, 0.15) is 5.52 Å². The minimum absolute atomic E-state index is 0.316. The third-order valence-corrected chi connectivity index (χ3v) is 6.45. The van der Waals surface area contributed by atoms with Crippen molar-refractivity contribution in [2.75, 3.05) is 49.9 Å². The molecule has 0 radical (unpaired) electrons. The van der Waals surface area contributed by atoms with Gasteiger partial charge in [0, 0.05) is 17.8 Å². The van der Waals surface area contributed by atoms with Crippen molar-refractivity contribution in [3.05, 3.63) is 17.8 Å². The summed E-state index contributed by atoms with van der Waals surface area (Å²) in [5.41, 5.74) is 2.71. The van der Waals surface area contributed by atoms with Crippen LogP contribution in [-0.2, 0) is 0 Å². The van der Waals surface area contributed by atoms with Gasteiger partial charge in [-0.15, -0.1) is 0 Å². The maximum atomic E-state index is 4.86. The largest absolute Gasteiger partial charge is 0.366 e. The predicted octanol–water partition coefficient (Wildman–Crippen LogP) is 5.18. The lowest BCUT2D eigenvalue weighted by molar-refractivity contribution is 0.295. The fourth-order valence-corrected chi connectivity index (χ4v) is 4.20. The van der Waals surface area contributed by atoms with Crippen LogP contribution < -0.4 is 10.6 Å². The van der Waals surface area contributed by atoms with E-state index < -0.39 is 0 Å². The molecule has 0 aliphatic rings. The van der Waals surface area contributed by atoms with Gasteiger partial charge >= 0.3 is 0 Å². The van der Waals surface area contributed by atoms with E-state index in [0.29, 0.717) is 18.0 Å². The first kappa shape index (κ1) is 27.3. The number of nitrogens with one attached hydrogen (secondary N) is 2. The number of pyridine rings is 1. The minimum Gasteiger partial charge on any atom is -0.366 e. The molecular formula is C26H47N7. The summed E-state index contributed by atoms with van der Waals surface area (Å²) in [6, 6.07) is 4.70. The van der Waals surface area contributed by atoms with Crippen molar-refractivity contribution in [2.45, 2.75) is 86.2 Å². The molecule has 2 aromatic rings. The van der Waals surface area contributed by atoms with E-state index in [1.165, 1.54) is 12.8 Å². The van der Waals surface area contributed by atoms with Crippen LogP contribution in [0.4, 0.5) is 11.8 Å². The molecule has 0 saturated carbocycles. The molecule has 33 heavy (non-hydrogen) atoms. The van der Waals surface area contributed by atoms with Gasteiger partial charge in [-0.25, -0.2) is 9.97 Å². The summed E-state index contributed by atoms with van der Waals surface area (Å²) in [6.07, 6.45) is 4.52. The molecule has 0 spiro atoms. The van der Waals surface area contributed by atoms with Crippen molar-refractivity contribution in [1.29, 1.82) is 0 Å². The quantitative estimate of drug-likeness (QED) is 0.360. The average Bonchev–Trinajstić information content (AvgIpc) is 2.80. The molecule has 0 aliphatic heterocycles. The first-order valence-corrected chi connectivity index (χ1v) is 13.0. The smallest absolute Gasteiger partial charge is 0.225 e. The summed E-state index contributed by atoms with van der Waals surface area (Å²) in [7, 11) is 0. The third kappa shape index (κ3) is 9.05. The highest BCUT2D eigenvalue weighted by Crippen LogP contribution is 2.23. The van der Waals surface area contributed by atoms with Crippen molar-refractivity contribution in [2.24, 2.45) is 0 Å². The van der Waals surface area contributed by atoms with Gasteiger partial charge in [-0.2, -0.15) is 4.98 Å². The standard InChI is InChI=1S/C26H47N7/c1-8-32(9-2)18-12-14-20(5)28-25-24-23(17-16-22(7)27-24)30-26(31-25)29-21(6)15-13-19-33(10-3)11-4/h16-17,20-21H,8-15,18-19H2,1-7H3,(H2,28,29,30,31). The Morgan fingerprint density at radius 1 is 0.758 bits per heavy atom. The van der Waals surface area contributed by atoms with E-state index in [9.17, 15) is 0 Å². The second-order valence-corrected chi connectivity index (χ2v) is 9.15. The maximum Gasteiger partial charge on any atom is 0.225 e. The second-order valence-electron chi connectivity index (χ2n) is 9.15. The highest BCUT2D eigenvalue weighted by atomic mass is 15.2. The van der Waals surface area contributed by atoms with E-state index in [1.54, 1.807) is 0 Å². The molecule has 2 heterocycles. The lowest BCUT2D eigenvalue weighted by Gasteiger charge is -2.21. The molecule has 186 valence electrons. The molecule has 2 aromatic heterocycles. The van der Waals surface area contributed by atoms with Crippen LogP contribution in [0.3, 0.4) is 0 Å². The zero-order valence-electron chi connectivity index (χ0n) is 22.1. The van der Waals surface area contributed by atoms with Gasteiger partial charge in [0.25, 0.3) is 0 Å². The summed E-state index contributed by atoms with van der Waals surface area (Å²) < 4.78 is 0. The zero-order valence-corrected chi connectivity index (χ0v) is 22.1. The number of fused-ring (bicyclic) bond motifs is 1. The van der Waals surface area contributed by atoms with Gasteiger partial charge in [0.15, 0.2) is 5.82 Å². The Morgan fingerprint density at radius 3 is 1.85 bits per heavy atom. The van der Waals surface area contributed by atoms with Crippen LogP contribution in [0.5, 0.6) is 0 Å². The third-order valence-electron chi connectivity index (χ3n) is 6.45. The molecule has 0 aromatic carbocycles. The molecular weight excluding hydrogens is 410 g/mol. The predicted molar refractivity (Wildman–Crippen MR) is 142 cm³/mol. The molecule has 0 aliphatic carbocycles. The fraction of sp³-hybridized carbons (Fsp3) is 0.731. The molecule has 2 unspecified atom stereocenters. The monoisotopic (exact) mass is 457 g/mol. The number of hydrogen-bond donors (Lipinski definition) is 2. The maximum absolute atomic E-state index is 4.86. The van der Waals surface area contributed by atoms with Crippen molar-refractivity contribution in [3.63, 3.8) is 0 Å². The lowest BCUT2D eigenvalue weighted by Crippen LogP contribution is -2.26. The number of aromatic nitrogens is 3. The number of anilines is 2. The molecule has 2 N–H and O–H groups in total. The Labute approximate surface area is 201 Å². The molecule has 0 bridgehead atoms. The normalized spacial score (nSPS) is 13.6. The molecule has 0 amide bonds. The summed E-state index contributed by atoms with van der Waals surface area (Å²) in [6.45, 7) is 22.1. The summed E-state index contributed by atoms with van der Waals surface area (Å²) in [4.78, 5) is 19.3. The molecule has 7 nitrogen and oxygen atoms in total. The van der Waals surface area contributed by atoms with Gasteiger partial charge in [-0.1, -0.05) is 27.7 Å². The van der Waals surface area contributed by atoms with Gasteiger partial charge in [-0.05, 0) is 97.9 Å². The number of hydrogen-bond acceptors (Lipinski definition) is 7. The van der Waals surface area contributed by atoms with Crippen LogP contribution in [-0.4, -0.2) is 76.1 Å². The summed E-state index contributed by atoms with van der Waals surface area (Å²) in [5.74, 6) is 1.51. The van der Waals surface area contributed by atoms with E-state index in [1.807, 2.05) is 19.1 Å². The Hall–Kier alpha value is -1.99. The number of rotatable bonds is 16. The van der Waals surface area contributed by atoms with Crippen LogP contribution in [0.15, 0.2) is 12.1 Å². The molecule has 7 heteroatoms. The summed E-state index contributed by atoms with van der Waals surface area (Å²) in [5, 5.41) is 7.16. The fourth-order valence-electron chi connectivity index (χ4n) is 4.20. The summed E-state index contributed by atoms with van der Waals surface area (Å²) >= 11 is 0. The van der Waals surface area contributed by atoms with Crippen LogP contribution in [0.25, 0.3) is 11.0 Å². The first-order chi connectivity index (χ1) is 15.9. The lowest BCUT2D eigenvalue weighted by atomic mass is 10.1. The second kappa shape index (κ2) is 14.3. The average molecular weight is 458 g/mol. The number of nitrogens with zero attached hydrogens (tertiary/aromatic N) is 5. The Kier molecular flexibility index (Phi) is 11.8. The van der Waals surface area contributed by atoms with Crippen molar-refractivity contribution >= 4 is 22.8 Å². The Balaban J connectivity index is 2.06. The van der Waals surface area contributed by atoms with E-state index in [2.05, 4.69) is 62.0 Å². The van der Waals surface area contributed by atoms with Gasteiger partial charge in [0.2, 0.25) is 5.95 Å². The number of aryl methyl sites for hydroxylation is 1. The SMILES string of the molecule is CCN(CC)CCCC(C)Nc1nc(NC(C)CCCN(CC)CC)c2nc(C)ccc2n1. The van der Waals surface area contributed by atoms with Crippen LogP contribution in [0, 0.1) is 6.92 Å². The molecule has 0 fully saturated rings. The van der Waals surface area contributed by atoms with Crippen molar-refractivity contribution in [3.8, 4) is 0 Å². The minimum atomic E-state index is 0.316. The first-order valence-electron chi connectivity index (χ1n) is 13.0. The van der Waals surface area contributed by atoms with E-state index in [0.717, 1.165) is 74.7 Å². The van der Waals surface area contributed by atoms with Gasteiger partial charge < -0.3 is 20.4 Å².